The van der Waals surface area contributed by atoms with Crippen LogP contribution in [0.15, 0.2) is 18.6 Å². The van der Waals surface area contributed by atoms with Crippen LogP contribution in [0.2, 0.25) is 0 Å². The molecule has 2 aliphatic rings. The lowest BCUT2D eigenvalue weighted by Crippen LogP contribution is -2.33. The van der Waals surface area contributed by atoms with E-state index in [4.69, 9.17) is 4.74 Å². The quantitative estimate of drug-likeness (QED) is 0.646. The first kappa shape index (κ1) is 16.7. The molecule has 2 aromatic rings. The van der Waals surface area contributed by atoms with Crippen molar-refractivity contribution in [3.63, 3.8) is 0 Å². The Labute approximate surface area is 145 Å². The van der Waals surface area contributed by atoms with E-state index in [0.29, 0.717) is 11.6 Å². The van der Waals surface area contributed by atoms with Gasteiger partial charge in [-0.1, -0.05) is 19.3 Å². The van der Waals surface area contributed by atoms with E-state index in [-0.39, 0.29) is 6.61 Å². The standard InChI is InChI=1S/C17H24N4O4/c22-8-12-14(23)15(24)17(25-12)21-9-19-13-11(21)6-7-18-16(13)20-10-4-2-1-3-5-10/h6-7,9-10,12,14-15,17,22-24H,1-5,8H2,(H,18,20)/t12-,14-,15?,17-/m1/s1. The zero-order valence-electron chi connectivity index (χ0n) is 14.0. The summed E-state index contributed by atoms with van der Waals surface area (Å²) in [4.78, 5) is 8.87. The average Bonchev–Trinajstić information content (AvgIpc) is 3.18. The Morgan fingerprint density at radius 3 is 2.68 bits per heavy atom. The summed E-state index contributed by atoms with van der Waals surface area (Å²) in [6, 6.07) is 2.22. The molecule has 0 aromatic carbocycles. The molecular weight excluding hydrogens is 324 g/mol. The molecule has 4 atom stereocenters. The third-order valence-corrected chi connectivity index (χ3v) is 5.23. The van der Waals surface area contributed by atoms with E-state index in [0.717, 1.165) is 24.2 Å². The van der Waals surface area contributed by atoms with Gasteiger partial charge in [-0.3, -0.25) is 0 Å². The average molecular weight is 348 g/mol. The summed E-state index contributed by atoms with van der Waals surface area (Å²) >= 11 is 0. The minimum absolute atomic E-state index is 0.350. The van der Waals surface area contributed by atoms with Crippen LogP contribution in [-0.4, -0.2) is 60.8 Å². The number of hydrogen-bond donors (Lipinski definition) is 4. The molecule has 1 saturated carbocycles. The van der Waals surface area contributed by atoms with Crippen LogP contribution in [0.1, 0.15) is 38.3 Å². The second kappa shape index (κ2) is 6.87. The third kappa shape index (κ3) is 2.99. The van der Waals surface area contributed by atoms with E-state index in [9.17, 15) is 15.3 Å². The lowest BCUT2D eigenvalue weighted by molar-refractivity contribution is -0.0508. The van der Waals surface area contributed by atoms with Gasteiger partial charge in [-0.05, 0) is 18.9 Å². The molecule has 8 nitrogen and oxygen atoms in total. The molecule has 0 spiro atoms. The summed E-state index contributed by atoms with van der Waals surface area (Å²) in [6.45, 7) is -0.350. The normalized spacial score (nSPS) is 30.8. The maximum Gasteiger partial charge on any atom is 0.164 e. The van der Waals surface area contributed by atoms with Gasteiger partial charge in [-0.2, -0.15) is 0 Å². The summed E-state index contributed by atoms with van der Waals surface area (Å²) < 4.78 is 7.30. The number of pyridine rings is 1. The number of hydrogen-bond acceptors (Lipinski definition) is 7. The molecule has 0 radical (unpaired) electrons. The van der Waals surface area contributed by atoms with Crippen molar-refractivity contribution in [3.05, 3.63) is 18.6 Å². The van der Waals surface area contributed by atoms with E-state index < -0.39 is 24.5 Å². The van der Waals surface area contributed by atoms with Gasteiger partial charge in [0.05, 0.1) is 18.5 Å². The molecular formula is C17H24N4O4. The van der Waals surface area contributed by atoms with E-state index in [1.807, 2.05) is 6.07 Å². The number of aromatic nitrogens is 3. The fourth-order valence-electron chi connectivity index (χ4n) is 3.82. The molecule has 8 heteroatoms. The highest BCUT2D eigenvalue weighted by atomic mass is 16.6. The third-order valence-electron chi connectivity index (χ3n) is 5.23. The smallest absolute Gasteiger partial charge is 0.164 e. The number of aliphatic hydroxyl groups excluding tert-OH is 3. The summed E-state index contributed by atoms with van der Waals surface area (Å²) in [6.07, 6.45) is 5.44. The van der Waals surface area contributed by atoms with Gasteiger partial charge in [0.25, 0.3) is 0 Å². The van der Waals surface area contributed by atoms with Crippen LogP contribution < -0.4 is 5.32 Å². The Kier molecular flexibility index (Phi) is 4.60. The SMILES string of the molecule is OC[C@H]1O[C@@H](n2cnc3c(NC4CCCCC4)nccc32)C(O)[C@@H]1O. The molecule has 1 aliphatic carbocycles. The van der Waals surface area contributed by atoms with Crippen molar-refractivity contribution >= 4 is 16.9 Å². The molecule has 3 heterocycles. The van der Waals surface area contributed by atoms with E-state index in [2.05, 4.69) is 15.3 Å². The van der Waals surface area contributed by atoms with Crippen LogP contribution >= 0.6 is 0 Å². The number of fused-ring (bicyclic) bond motifs is 1. The van der Waals surface area contributed by atoms with Crippen LogP contribution in [0.3, 0.4) is 0 Å². The van der Waals surface area contributed by atoms with Gasteiger partial charge in [-0.25, -0.2) is 9.97 Å². The number of rotatable bonds is 4. The highest BCUT2D eigenvalue weighted by Crippen LogP contribution is 2.33. The van der Waals surface area contributed by atoms with Crippen LogP contribution in [-0.2, 0) is 4.74 Å². The predicted octanol–water partition coefficient (Wildman–Crippen LogP) is 0.787. The number of ether oxygens (including phenoxy) is 1. The van der Waals surface area contributed by atoms with E-state index in [1.54, 1.807) is 17.1 Å². The largest absolute Gasteiger partial charge is 0.394 e. The zero-order valence-corrected chi connectivity index (χ0v) is 14.0. The second-order valence-corrected chi connectivity index (χ2v) is 6.89. The predicted molar refractivity (Wildman–Crippen MR) is 91.0 cm³/mol. The van der Waals surface area contributed by atoms with Crippen molar-refractivity contribution in [2.24, 2.45) is 0 Å². The van der Waals surface area contributed by atoms with Crippen molar-refractivity contribution in [1.82, 2.24) is 14.5 Å². The second-order valence-electron chi connectivity index (χ2n) is 6.89. The highest BCUT2D eigenvalue weighted by Gasteiger charge is 2.43. The van der Waals surface area contributed by atoms with Crippen molar-refractivity contribution in [1.29, 1.82) is 0 Å². The fraction of sp³-hybridized carbons (Fsp3) is 0.647. The first-order valence-electron chi connectivity index (χ1n) is 8.89. The van der Waals surface area contributed by atoms with Crippen LogP contribution in [0.5, 0.6) is 0 Å². The van der Waals surface area contributed by atoms with Gasteiger partial charge >= 0.3 is 0 Å². The summed E-state index contributed by atoms with van der Waals surface area (Å²) in [5, 5.41) is 33.0. The first-order chi connectivity index (χ1) is 12.2. The Balaban J connectivity index is 1.62. The van der Waals surface area contributed by atoms with Crippen molar-refractivity contribution in [3.8, 4) is 0 Å². The number of imidazole rings is 1. The summed E-state index contributed by atoms with van der Waals surface area (Å²) in [5.41, 5.74) is 1.48. The maximum absolute atomic E-state index is 10.3. The monoisotopic (exact) mass is 348 g/mol. The summed E-state index contributed by atoms with van der Waals surface area (Å²) in [5.74, 6) is 0.731. The number of aliphatic hydroxyl groups is 3. The van der Waals surface area contributed by atoms with Crippen LogP contribution in [0, 0.1) is 0 Å². The molecule has 1 saturated heterocycles. The van der Waals surface area contributed by atoms with Crippen molar-refractivity contribution in [2.45, 2.75) is 62.7 Å². The number of anilines is 1. The molecule has 1 unspecified atom stereocenters. The fourth-order valence-corrected chi connectivity index (χ4v) is 3.82. The zero-order chi connectivity index (χ0) is 17.4. The first-order valence-corrected chi connectivity index (χ1v) is 8.89. The lowest BCUT2D eigenvalue weighted by atomic mass is 9.95. The molecule has 2 aromatic heterocycles. The minimum Gasteiger partial charge on any atom is -0.394 e. The Morgan fingerprint density at radius 1 is 1.16 bits per heavy atom. The lowest BCUT2D eigenvalue weighted by Gasteiger charge is -2.23. The Bertz CT molecular complexity index is 731. The Hall–Kier alpha value is -1.74. The van der Waals surface area contributed by atoms with Crippen molar-refractivity contribution < 1.29 is 20.1 Å². The molecule has 136 valence electrons. The van der Waals surface area contributed by atoms with Crippen LogP contribution in [0.25, 0.3) is 11.0 Å². The topological polar surface area (TPSA) is 113 Å². The molecule has 1 aliphatic heterocycles. The van der Waals surface area contributed by atoms with Gasteiger partial charge < -0.3 is 29.9 Å². The van der Waals surface area contributed by atoms with E-state index in [1.165, 1.54) is 19.3 Å². The molecule has 0 amide bonds. The van der Waals surface area contributed by atoms with Gasteiger partial charge in [0.1, 0.15) is 23.8 Å². The highest BCUT2D eigenvalue weighted by molar-refractivity contribution is 5.86. The Morgan fingerprint density at radius 2 is 1.96 bits per heavy atom. The van der Waals surface area contributed by atoms with Gasteiger partial charge in [0, 0.05) is 12.2 Å². The van der Waals surface area contributed by atoms with Gasteiger partial charge in [0.15, 0.2) is 12.0 Å². The van der Waals surface area contributed by atoms with E-state index >= 15 is 0 Å². The molecule has 4 N–H and O–H groups in total. The van der Waals surface area contributed by atoms with Gasteiger partial charge in [-0.15, -0.1) is 0 Å². The summed E-state index contributed by atoms with van der Waals surface area (Å²) in [7, 11) is 0. The molecule has 0 bridgehead atoms. The van der Waals surface area contributed by atoms with Gasteiger partial charge in [0.2, 0.25) is 0 Å². The number of nitrogens with zero attached hydrogens (tertiary/aromatic N) is 3. The minimum atomic E-state index is -1.13. The molecule has 2 fully saturated rings. The van der Waals surface area contributed by atoms with Crippen molar-refractivity contribution in [2.75, 3.05) is 11.9 Å². The van der Waals surface area contributed by atoms with Crippen LogP contribution in [0.4, 0.5) is 5.82 Å². The number of nitrogens with one attached hydrogen (secondary N) is 1. The maximum atomic E-state index is 10.3. The molecule has 25 heavy (non-hydrogen) atoms. The molecule has 4 rings (SSSR count).